The van der Waals surface area contributed by atoms with E-state index in [-0.39, 0.29) is 5.91 Å². The van der Waals surface area contributed by atoms with Crippen molar-refractivity contribution in [1.82, 2.24) is 15.2 Å². The highest BCUT2D eigenvalue weighted by atomic mass is 16.4. The molecule has 2 aromatic heterocycles. The van der Waals surface area contributed by atoms with Crippen LogP contribution in [0.3, 0.4) is 0 Å². The summed E-state index contributed by atoms with van der Waals surface area (Å²) >= 11 is 0. The molecule has 5 nitrogen and oxygen atoms in total. The van der Waals surface area contributed by atoms with Crippen LogP contribution in [-0.4, -0.2) is 41.5 Å². The summed E-state index contributed by atoms with van der Waals surface area (Å²) in [5, 5.41) is 4.91. The number of aryl methyl sites for hydroxylation is 1. The van der Waals surface area contributed by atoms with Crippen LogP contribution in [0.15, 0.2) is 34.7 Å². The summed E-state index contributed by atoms with van der Waals surface area (Å²) in [7, 11) is 0. The van der Waals surface area contributed by atoms with E-state index in [1.807, 2.05) is 25.1 Å². The molecule has 4 rings (SSSR count). The normalized spacial score (nSPS) is 18.0. The minimum atomic E-state index is -0.163. The van der Waals surface area contributed by atoms with Crippen molar-refractivity contribution in [3.05, 3.63) is 41.7 Å². The van der Waals surface area contributed by atoms with Crippen molar-refractivity contribution in [3.63, 3.8) is 0 Å². The number of hydrogen-bond donors (Lipinski definition) is 1. The summed E-state index contributed by atoms with van der Waals surface area (Å²) in [6, 6.07) is 10.7. The first kappa shape index (κ1) is 18.9. The zero-order chi connectivity index (χ0) is 19.5. The number of benzene rings is 1. The molecule has 1 atom stereocenters. The number of rotatable bonds is 6. The summed E-state index contributed by atoms with van der Waals surface area (Å²) in [6.07, 6.45) is 6.13. The third-order valence-corrected chi connectivity index (χ3v) is 5.81. The second kappa shape index (κ2) is 8.31. The SMILES string of the molecule is CC[C@H]1CCCCN1CCCNC(=O)c1cc2cc3ccc(C)cc3nc2o1. The number of pyridine rings is 1. The van der Waals surface area contributed by atoms with E-state index in [1.54, 1.807) is 6.07 Å². The lowest BCUT2D eigenvalue weighted by Gasteiger charge is -2.35. The van der Waals surface area contributed by atoms with Crippen molar-refractivity contribution in [3.8, 4) is 0 Å². The van der Waals surface area contributed by atoms with Crippen molar-refractivity contribution in [2.24, 2.45) is 0 Å². The predicted octanol–water partition coefficient (Wildman–Crippen LogP) is 4.67. The average molecular weight is 380 g/mol. The van der Waals surface area contributed by atoms with E-state index in [4.69, 9.17) is 4.42 Å². The zero-order valence-electron chi connectivity index (χ0n) is 16.8. The quantitative estimate of drug-likeness (QED) is 0.632. The first-order valence-electron chi connectivity index (χ1n) is 10.5. The van der Waals surface area contributed by atoms with Crippen LogP contribution in [-0.2, 0) is 0 Å². The molecule has 5 heteroatoms. The minimum absolute atomic E-state index is 0.163. The molecule has 1 aromatic carbocycles. The second-order valence-electron chi connectivity index (χ2n) is 7.89. The lowest BCUT2D eigenvalue weighted by molar-refractivity contribution is 0.0921. The van der Waals surface area contributed by atoms with Gasteiger partial charge in [0.05, 0.1) is 5.52 Å². The maximum atomic E-state index is 12.5. The molecule has 0 bridgehead atoms. The van der Waals surface area contributed by atoms with Crippen LogP contribution < -0.4 is 5.32 Å². The number of piperidine rings is 1. The largest absolute Gasteiger partial charge is 0.433 e. The van der Waals surface area contributed by atoms with Gasteiger partial charge < -0.3 is 14.6 Å². The van der Waals surface area contributed by atoms with Gasteiger partial charge in [0, 0.05) is 29.9 Å². The first-order valence-corrected chi connectivity index (χ1v) is 10.5. The Labute approximate surface area is 166 Å². The Hall–Kier alpha value is -2.40. The Kier molecular flexibility index (Phi) is 5.62. The fourth-order valence-electron chi connectivity index (χ4n) is 4.24. The van der Waals surface area contributed by atoms with Crippen LogP contribution >= 0.6 is 0 Å². The van der Waals surface area contributed by atoms with E-state index in [1.165, 1.54) is 32.2 Å². The number of amides is 1. The Morgan fingerprint density at radius 2 is 2.14 bits per heavy atom. The number of nitrogens with one attached hydrogen (secondary N) is 1. The van der Waals surface area contributed by atoms with Crippen molar-refractivity contribution in [2.45, 2.75) is 52.0 Å². The van der Waals surface area contributed by atoms with Gasteiger partial charge >= 0.3 is 0 Å². The molecule has 1 N–H and O–H groups in total. The van der Waals surface area contributed by atoms with Gasteiger partial charge in [0.15, 0.2) is 5.76 Å². The maximum absolute atomic E-state index is 12.5. The predicted molar refractivity (Wildman–Crippen MR) is 113 cm³/mol. The van der Waals surface area contributed by atoms with Gasteiger partial charge in [-0.15, -0.1) is 0 Å². The van der Waals surface area contributed by atoms with E-state index in [0.29, 0.717) is 24.1 Å². The van der Waals surface area contributed by atoms with Gasteiger partial charge in [-0.1, -0.05) is 25.5 Å². The smallest absolute Gasteiger partial charge is 0.287 e. The molecule has 1 aliphatic rings. The summed E-state index contributed by atoms with van der Waals surface area (Å²) in [4.78, 5) is 19.6. The Balaban J connectivity index is 1.36. The van der Waals surface area contributed by atoms with E-state index in [9.17, 15) is 4.79 Å². The lowest BCUT2D eigenvalue weighted by atomic mass is 10.00. The van der Waals surface area contributed by atoms with Crippen molar-refractivity contribution < 1.29 is 9.21 Å². The summed E-state index contributed by atoms with van der Waals surface area (Å²) in [6.45, 7) is 7.21. The highest BCUT2D eigenvalue weighted by molar-refractivity contribution is 5.98. The topological polar surface area (TPSA) is 58.4 Å². The molecule has 1 saturated heterocycles. The maximum Gasteiger partial charge on any atom is 0.287 e. The van der Waals surface area contributed by atoms with Crippen molar-refractivity contribution in [2.75, 3.05) is 19.6 Å². The van der Waals surface area contributed by atoms with Crippen LogP contribution in [0.1, 0.15) is 55.1 Å². The number of fused-ring (bicyclic) bond motifs is 2. The third-order valence-electron chi connectivity index (χ3n) is 5.81. The van der Waals surface area contributed by atoms with Gasteiger partial charge in [0.2, 0.25) is 5.71 Å². The molecule has 0 radical (unpaired) electrons. The first-order chi connectivity index (χ1) is 13.6. The van der Waals surface area contributed by atoms with Crippen LogP contribution in [0.2, 0.25) is 0 Å². The van der Waals surface area contributed by atoms with Crippen LogP contribution in [0, 0.1) is 6.92 Å². The standard InChI is InChI=1S/C23H29N3O2/c1-3-19-7-4-5-11-26(19)12-6-10-24-22(27)21-15-18-14-17-9-8-16(2)13-20(17)25-23(18)28-21/h8-9,13-15,19H,3-7,10-12H2,1-2H3,(H,24,27)/t19-/m0/s1. The fourth-order valence-corrected chi connectivity index (χ4v) is 4.24. The summed E-state index contributed by atoms with van der Waals surface area (Å²) in [5.41, 5.74) is 2.56. The lowest BCUT2D eigenvalue weighted by Crippen LogP contribution is -2.40. The van der Waals surface area contributed by atoms with Crippen LogP contribution in [0.25, 0.3) is 22.0 Å². The zero-order valence-corrected chi connectivity index (χ0v) is 16.8. The third kappa shape index (κ3) is 4.04. The molecule has 28 heavy (non-hydrogen) atoms. The number of carbonyl (C=O) groups is 1. The van der Waals surface area contributed by atoms with Gasteiger partial charge in [0.25, 0.3) is 5.91 Å². The van der Waals surface area contributed by atoms with Gasteiger partial charge in [0.1, 0.15) is 0 Å². The number of hydrogen-bond acceptors (Lipinski definition) is 4. The molecule has 3 aromatic rings. The van der Waals surface area contributed by atoms with E-state index in [2.05, 4.69) is 28.2 Å². The number of aromatic nitrogens is 1. The molecule has 3 heterocycles. The van der Waals surface area contributed by atoms with E-state index < -0.39 is 0 Å². The number of furan rings is 1. The molecule has 0 spiro atoms. The average Bonchev–Trinajstić information content (AvgIpc) is 3.12. The number of likely N-dealkylation sites (tertiary alicyclic amines) is 1. The molecule has 1 aliphatic heterocycles. The number of carbonyl (C=O) groups excluding carboxylic acids is 1. The van der Waals surface area contributed by atoms with Gasteiger partial charge in [-0.25, -0.2) is 4.98 Å². The molecular weight excluding hydrogens is 350 g/mol. The van der Waals surface area contributed by atoms with Crippen LogP contribution in [0.5, 0.6) is 0 Å². The molecule has 148 valence electrons. The van der Waals surface area contributed by atoms with Crippen molar-refractivity contribution >= 4 is 27.9 Å². The highest BCUT2D eigenvalue weighted by Gasteiger charge is 2.20. The van der Waals surface area contributed by atoms with Gasteiger partial charge in [-0.2, -0.15) is 0 Å². The fraction of sp³-hybridized carbons (Fsp3) is 0.478. The summed E-state index contributed by atoms with van der Waals surface area (Å²) in [5.74, 6) is 0.169. The Morgan fingerprint density at radius 3 is 3.00 bits per heavy atom. The van der Waals surface area contributed by atoms with Gasteiger partial charge in [-0.05, 0) is 62.9 Å². The molecule has 0 aliphatic carbocycles. The Bertz CT molecular complexity index is 979. The summed E-state index contributed by atoms with van der Waals surface area (Å²) < 4.78 is 5.73. The van der Waals surface area contributed by atoms with E-state index >= 15 is 0 Å². The number of nitrogens with zero attached hydrogens (tertiary/aromatic N) is 2. The molecule has 1 amide bonds. The molecule has 0 saturated carbocycles. The minimum Gasteiger partial charge on any atom is -0.433 e. The van der Waals surface area contributed by atoms with Crippen LogP contribution in [0.4, 0.5) is 0 Å². The highest BCUT2D eigenvalue weighted by Crippen LogP contribution is 2.24. The molecule has 1 fully saturated rings. The van der Waals surface area contributed by atoms with E-state index in [0.717, 1.165) is 34.8 Å². The molecule has 0 unspecified atom stereocenters. The Morgan fingerprint density at radius 1 is 1.25 bits per heavy atom. The monoisotopic (exact) mass is 379 g/mol. The van der Waals surface area contributed by atoms with Gasteiger partial charge in [-0.3, -0.25) is 4.79 Å². The second-order valence-corrected chi connectivity index (χ2v) is 7.89. The molecular formula is C23H29N3O2. The van der Waals surface area contributed by atoms with Crippen molar-refractivity contribution in [1.29, 1.82) is 0 Å².